The van der Waals surface area contributed by atoms with Crippen molar-refractivity contribution in [2.24, 2.45) is 11.8 Å². The summed E-state index contributed by atoms with van der Waals surface area (Å²) in [5, 5.41) is 0. The van der Waals surface area contributed by atoms with Crippen LogP contribution in [0, 0.1) is 11.8 Å². The van der Waals surface area contributed by atoms with Crippen LogP contribution in [0.5, 0.6) is 0 Å². The molecule has 4 fully saturated rings. The minimum atomic E-state index is -3.55. The number of amides is 2. The summed E-state index contributed by atoms with van der Waals surface area (Å²) in [4.78, 5) is 29.5. The van der Waals surface area contributed by atoms with Crippen molar-refractivity contribution in [2.75, 3.05) is 32.7 Å². The van der Waals surface area contributed by atoms with Crippen LogP contribution < -0.4 is 0 Å². The average molecular weight is 448 g/mol. The summed E-state index contributed by atoms with van der Waals surface area (Å²) in [6.45, 7) is 1.94. The molecule has 0 spiro atoms. The molecule has 5 rings (SSSR count). The van der Waals surface area contributed by atoms with Crippen molar-refractivity contribution >= 4 is 22.0 Å². The summed E-state index contributed by atoms with van der Waals surface area (Å²) in [7, 11) is -3.55. The molecular weight excluding hydrogens is 418 g/mol. The van der Waals surface area contributed by atoms with Crippen LogP contribution in [0.15, 0.2) is 35.2 Å². The molecule has 8 nitrogen and oxygen atoms in total. The molecule has 1 saturated carbocycles. The molecular formula is C22H29N3O5S. The first kappa shape index (κ1) is 20.8. The number of fused-ring (bicyclic) bond motifs is 4. The summed E-state index contributed by atoms with van der Waals surface area (Å²) in [6, 6.07) is 8.57. The minimum absolute atomic E-state index is 0.0231. The quantitative estimate of drug-likeness (QED) is 0.707. The number of hydrogen-bond acceptors (Lipinski definition) is 5. The zero-order valence-corrected chi connectivity index (χ0v) is 18.4. The maximum atomic E-state index is 12.8. The fourth-order valence-corrected chi connectivity index (χ4v) is 7.18. The van der Waals surface area contributed by atoms with E-state index < -0.39 is 10.0 Å². The van der Waals surface area contributed by atoms with E-state index in [1.54, 1.807) is 35.2 Å². The summed E-state index contributed by atoms with van der Waals surface area (Å²) in [5.74, 6) is 0.441. The van der Waals surface area contributed by atoms with Crippen molar-refractivity contribution in [3.63, 3.8) is 0 Å². The number of benzene rings is 1. The highest BCUT2D eigenvalue weighted by Gasteiger charge is 2.52. The lowest BCUT2D eigenvalue weighted by atomic mass is 9.84. The Bertz CT molecular complexity index is 945. The Morgan fingerprint density at radius 2 is 1.71 bits per heavy atom. The lowest BCUT2D eigenvalue weighted by Gasteiger charge is -2.43. The number of hydrogen-bond donors (Lipinski definition) is 0. The Labute approximate surface area is 183 Å². The van der Waals surface area contributed by atoms with Crippen LogP contribution >= 0.6 is 0 Å². The molecule has 4 atom stereocenters. The SMILES string of the molecule is O=C(OC1CC2CC1[C@H]1CCCCN1C2=O)N1CCN(S(=O)(=O)c2ccccc2)CC1. The highest BCUT2D eigenvalue weighted by molar-refractivity contribution is 7.89. The highest BCUT2D eigenvalue weighted by atomic mass is 32.2. The van der Waals surface area contributed by atoms with E-state index in [4.69, 9.17) is 4.74 Å². The molecule has 2 amide bonds. The zero-order valence-electron chi connectivity index (χ0n) is 17.6. The molecule has 0 aromatic heterocycles. The molecule has 4 aliphatic rings. The second-order valence-corrected chi connectivity index (χ2v) is 11.0. The second kappa shape index (κ2) is 8.09. The van der Waals surface area contributed by atoms with E-state index in [-0.39, 0.29) is 54.0 Å². The van der Waals surface area contributed by atoms with Crippen LogP contribution in [0.3, 0.4) is 0 Å². The number of carbonyl (C=O) groups is 2. The molecule has 1 aromatic rings. The van der Waals surface area contributed by atoms with Gasteiger partial charge in [-0.25, -0.2) is 13.2 Å². The Hall–Kier alpha value is -2.13. The number of carbonyl (C=O) groups excluding carboxylic acids is 2. The molecule has 0 radical (unpaired) electrons. The molecule has 3 saturated heterocycles. The van der Waals surface area contributed by atoms with Crippen LogP contribution in [0.25, 0.3) is 0 Å². The van der Waals surface area contributed by atoms with Gasteiger partial charge in [0, 0.05) is 50.6 Å². The van der Waals surface area contributed by atoms with Crippen molar-refractivity contribution in [3.05, 3.63) is 30.3 Å². The summed E-state index contributed by atoms with van der Waals surface area (Å²) in [5.41, 5.74) is 0. The van der Waals surface area contributed by atoms with Gasteiger partial charge in [-0.15, -0.1) is 0 Å². The maximum absolute atomic E-state index is 12.8. The van der Waals surface area contributed by atoms with Gasteiger partial charge in [-0.1, -0.05) is 18.2 Å². The van der Waals surface area contributed by atoms with Crippen molar-refractivity contribution in [3.8, 4) is 0 Å². The van der Waals surface area contributed by atoms with Crippen molar-refractivity contribution in [1.82, 2.24) is 14.1 Å². The predicted octanol–water partition coefficient (Wildman–Crippen LogP) is 1.92. The Morgan fingerprint density at radius 3 is 2.45 bits per heavy atom. The summed E-state index contributed by atoms with van der Waals surface area (Å²) in [6.07, 6.45) is 4.00. The van der Waals surface area contributed by atoms with E-state index in [0.717, 1.165) is 32.2 Å². The Morgan fingerprint density at radius 1 is 0.968 bits per heavy atom. The molecule has 3 heterocycles. The van der Waals surface area contributed by atoms with Gasteiger partial charge in [0.2, 0.25) is 15.9 Å². The fourth-order valence-electron chi connectivity index (χ4n) is 5.74. The molecule has 168 valence electrons. The second-order valence-electron chi connectivity index (χ2n) is 9.05. The molecule has 3 unspecified atom stereocenters. The minimum Gasteiger partial charge on any atom is -0.446 e. The van der Waals surface area contributed by atoms with Gasteiger partial charge in [-0.05, 0) is 44.2 Å². The molecule has 3 aliphatic heterocycles. The molecule has 9 heteroatoms. The van der Waals surface area contributed by atoms with Gasteiger partial charge in [0.15, 0.2) is 0 Å². The smallest absolute Gasteiger partial charge is 0.410 e. The van der Waals surface area contributed by atoms with E-state index in [9.17, 15) is 18.0 Å². The van der Waals surface area contributed by atoms with Crippen LogP contribution in [-0.4, -0.2) is 79.4 Å². The third-order valence-electron chi connectivity index (χ3n) is 7.36. The van der Waals surface area contributed by atoms with Crippen LogP contribution in [0.2, 0.25) is 0 Å². The number of nitrogens with zero attached hydrogens (tertiary/aromatic N) is 3. The first-order chi connectivity index (χ1) is 14.9. The standard InChI is InChI=1S/C22H29N3O5S/c26-21-16-14-18(19-8-4-5-9-25(19)21)20(15-16)30-22(27)23-10-12-24(13-11-23)31(28,29)17-6-2-1-3-7-17/h1-3,6-7,16,18-20H,4-5,8-15H2/t16?,18?,19-,20?/m1/s1. The van der Waals surface area contributed by atoms with Crippen molar-refractivity contribution in [1.29, 1.82) is 0 Å². The van der Waals surface area contributed by atoms with Gasteiger partial charge in [0.05, 0.1) is 4.90 Å². The van der Waals surface area contributed by atoms with Crippen LogP contribution in [-0.2, 0) is 19.6 Å². The van der Waals surface area contributed by atoms with Crippen molar-refractivity contribution in [2.45, 2.75) is 49.1 Å². The largest absolute Gasteiger partial charge is 0.446 e. The number of rotatable bonds is 3. The third-order valence-corrected chi connectivity index (χ3v) is 9.27. The number of piperidine rings is 2. The van der Waals surface area contributed by atoms with Gasteiger partial charge in [0.25, 0.3) is 0 Å². The van der Waals surface area contributed by atoms with E-state index in [0.29, 0.717) is 19.5 Å². The highest BCUT2D eigenvalue weighted by Crippen LogP contribution is 2.45. The average Bonchev–Trinajstić information content (AvgIpc) is 3.18. The van der Waals surface area contributed by atoms with Gasteiger partial charge < -0.3 is 14.5 Å². The number of ether oxygens (including phenoxy) is 1. The first-order valence-electron chi connectivity index (χ1n) is 11.3. The van der Waals surface area contributed by atoms with Crippen LogP contribution in [0.4, 0.5) is 4.79 Å². The molecule has 2 bridgehead atoms. The predicted molar refractivity (Wildman–Crippen MR) is 113 cm³/mol. The Kier molecular flexibility index (Phi) is 5.42. The third kappa shape index (κ3) is 3.71. The Balaban J connectivity index is 1.20. The first-order valence-corrected chi connectivity index (χ1v) is 12.7. The van der Waals surface area contributed by atoms with E-state index in [1.807, 2.05) is 4.90 Å². The number of piperazine rings is 1. The lowest BCUT2D eigenvalue weighted by molar-refractivity contribution is -0.143. The molecule has 0 N–H and O–H groups in total. The van der Waals surface area contributed by atoms with Crippen LogP contribution in [0.1, 0.15) is 32.1 Å². The lowest BCUT2D eigenvalue weighted by Crippen LogP contribution is -2.53. The summed E-state index contributed by atoms with van der Waals surface area (Å²) < 4.78 is 32.9. The topological polar surface area (TPSA) is 87.2 Å². The van der Waals surface area contributed by atoms with Gasteiger partial charge in [0.1, 0.15) is 6.10 Å². The summed E-state index contributed by atoms with van der Waals surface area (Å²) >= 11 is 0. The molecule has 31 heavy (non-hydrogen) atoms. The van der Waals surface area contributed by atoms with E-state index in [2.05, 4.69) is 0 Å². The molecule has 1 aromatic carbocycles. The maximum Gasteiger partial charge on any atom is 0.410 e. The van der Waals surface area contributed by atoms with Gasteiger partial charge >= 0.3 is 6.09 Å². The monoisotopic (exact) mass is 447 g/mol. The van der Waals surface area contributed by atoms with Crippen molar-refractivity contribution < 1.29 is 22.7 Å². The van der Waals surface area contributed by atoms with Gasteiger partial charge in [-0.3, -0.25) is 4.79 Å². The normalized spacial score (nSPS) is 31.4. The fraction of sp³-hybridized carbons (Fsp3) is 0.636. The van der Waals surface area contributed by atoms with Gasteiger partial charge in [-0.2, -0.15) is 4.31 Å². The number of sulfonamides is 1. The zero-order chi connectivity index (χ0) is 21.6. The molecule has 1 aliphatic carbocycles. The van der Waals surface area contributed by atoms with E-state index in [1.165, 1.54) is 4.31 Å². The van der Waals surface area contributed by atoms with E-state index >= 15 is 0 Å².